The Kier molecular flexibility index (Phi) is 7.25. The van der Waals surface area contributed by atoms with Gasteiger partial charge < -0.3 is 19.3 Å². The second-order valence-electron chi connectivity index (χ2n) is 8.06. The van der Waals surface area contributed by atoms with Crippen LogP contribution in [0.3, 0.4) is 0 Å². The van der Waals surface area contributed by atoms with Crippen LogP contribution in [0.1, 0.15) is 52.4 Å². The fourth-order valence-electron chi connectivity index (χ4n) is 3.53. The predicted octanol–water partition coefficient (Wildman–Crippen LogP) is 2.07. The van der Waals surface area contributed by atoms with E-state index in [1.54, 1.807) is 19.0 Å². The van der Waals surface area contributed by atoms with Crippen LogP contribution in [0.4, 0.5) is 0 Å². The summed E-state index contributed by atoms with van der Waals surface area (Å²) in [6.07, 6.45) is 5.04. The largest absolute Gasteiger partial charge is 0.375 e. The van der Waals surface area contributed by atoms with E-state index in [1.165, 1.54) is 0 Å². The quantitative estimate of drug-likeness (QED) is 0.733. The molecule has 2 saturated heterocycles. The van der Waals surface area contributed by atoms with Gasteiger partial charge in [0.05, 0.1) is 11.7 Å². The minimum absolute atomic E-state index is 0.00823. The number of amides is 2. The first-order chi connectivity index (χ1) is 11.8. The number of hydrogen-bond donors (Lipinski definition) is 0. The molecule has 2 rings (SSSR count). The molecule has 0 aromatic heterocycles. The molecule has 0 bridgehead atoms. The topological polar surface area (TPSA) is 59.1 Å². The second kappa shape index (κ2) is 8.99. The Morgan fingerprint density at radius 3 is 2.56 bits per heavy atom. The molecule has 0 saturated carbocycles. The van der Waals surface area contributed by atoms with Gasteiger partial charge in [-0.15, -0.1) is 0 Å². The van der Waals surface area contributed by atoms with Crippen molar-refractivity contribution in [2.45, 2.75) is 64.1 Å². The van der Waals surface area contributed by atoms with Crippen LogP contribution < -0.4 is 0 Å². The molecule has 0 aromatic carbocycles. The molecule has 144 valence electrons. The first kappa shape index (κ1) is 20.2. The second-order valence-corrected chi connectivity index (χ2v) is 8.06. The molecule has 0 aromatic rings. The van der Waals surface area contributed by atoms with Crippen molar-refractivity contribution in [1.82, 2.24) is 9.80 Å². The summed E-state index contributed by atoms with van der Waals surface area (Å²) in [4.78, 5) is 27.5. The molecule has 0 aliphatic carbocycles. The van der Waals surface area contributed by atoms with E-state index in [-0.39, 0.29) is 30.1 Å². The summed E-state index contributed by atoms with van der Waals surface area (Å²) in [6.45, 7) is 6.63. The number of ether oxygens (including phenoxy) is 2. The van der Waals surface area contributed by atoms with Gasteiger partial charge in [-0.2, -0.15) is 0 Å². The number of nitrogens with zero attached hydrogens (tertiary/aromatic N) is 2. The summed E-state index contributed by atoms with van der Waals surface area (Å²) in [5.74, 6) is 0.819. The smallest absolute Gasteiger partial charge is 0.248 e. The number of carbonyl (C=O) groups excluding carboxylic acids is 2. The van der Waals surface area contributed by atoms with Crippen molar-refractivity contribution in [3.8, 4) is 0 Å². The summed E-state index contributed by atoms with van der Waals surface area (Å²) in [5.41, 5.74) is -0.182. The minimum atomic E-state index is -0.182. The molecule has 2 heterocycles. The highest BCUT2D eigenvalue weighted by Crippen LogP contribution is 2.36. The molecule has 0 radical (unpaired) electrons. The van der Waals surface area contributed by atoms with Crippen LogP contribution >= 0.6 is 0 Å². The highest BCUT2D eigenvalue weighted by molar-refractivity contribution is 5.77. The Bertz CT molecular complexity index is 456. The molecule has 6 heteroatoms. The molecule has 1 atom stereocenters. The number of piperidine rings is 1. The maximum Gasteiger partial charge on any atom is 0.248 e. The lowest BCUT2D eigenvalue weighted by atomic mass is 9.83. The Labute approximate surface area is 151 Å². The average Bonchev–Trinajstić information content (AvgIpc) is 2.58. The van der Waals surface area contributed by atoms with E-state index in [4.69, 9.17) is 9.47 Å². The lowest BCUT2D eigenvalue weighted by Crippen LogP contribution is -2.52. The van der Waals surface area contributed by atoms with Crippen molar-refractivity contribution < 1.29 is 19.1 Å². The fraction of sp³-hybridized carbons (Fsp3) is 0.895. The van der Waals surface area contributed by atoms with E-state index in [1.807, 2.05) is 4.90 Å². The molecule has 2 aliphatic heterocycles. The summed E-state index contributed by atoms with van der Waals surface area (Å²) in [6, 6.07) is 0. The van der Waals surface area contributed by atoms with Gasteiger partial charge in [-0.3, -0.25) is 9.59 Å². The number of likely N-dealkylation sites (tertiary alicyclic amines) is 1. The zero-order chi connectivity index (χ0) is 18.4. The van der Waals surface area contributed by atoms with E-state index in [0.29, 0.717) is 18.9 Å². The van der Waals surface area contributed by atoms with E-state index in [9.17, 15) is 9.59 Å². The van der Waals surface area contributed by atoms with Gasteiger partial charge >= 0.3 is 0 Å². The molecular weight excluding hydrogens is 320 g/mol. The van der Waals surface area contributed by atoms with Crippen LogP contribution in [0.25, 0.3) is 0 Å². The molecular formula is C19H34N2O4. The lowest BCUT2D eigenvalue weighted by molar-refractivity contribution is -0.166. The standard InChI is InChI=1S/C19H34N2O4/c1-15(2)5-6-17(22)21-10-8-19(9-11-21)13-16(7-12-25-19)24-14-18(23)20(3)4/h15-16H,5-14H2,1-4H3. The van der Waals surface area contributed by atoms with Crippen LogP contribution in [-0.2, 0) is 19.1 Å². The third kappa shape index (κ3) is 5.96. The van der Waals surface area contributed by atoms with Gasteiger partial charge in [0, 0.05) is 46.6 Å². The maximum absolute atomic E-state index is 12.3. The third-order valence-corrected chi connectivity index (χ3v) is 5.35. The Morgan fingerprint density at radius 1 is 1.28 bits per heavy atom. The van der Waals surface area contributed by atoms with Crippen molar-refractivity contribution in [3.05, 3.63) is 0 Å². The Morgan fingerprint density at radius 2 is 1.96 bits per heavy atom. The molecule has 1 spiro atoms. The van der Waals surface area contributed by atoms with Crippen LogP contribution in [0.5, 0.6) is 0 Å². The van der Waals surface area contributed by atoms with Crippen molar-refractivity contribution in [1.29, 1.82) is 0 Å². The number of likely N-dealkylation sites (N-methyl/N-ethyl adjacent to an activating group) is 1. The van der Waals surface area contributed by atoms with Gasteiger partial charge in [0.15, 0.2) is 0 Å². The summed E-state index contributed by atoms with van der Waals surface area (Å²) >= 11 is 0. The van der Waals surface area contributed by atoms with Crippen LogP contribution in [0, 0.1) is 5.92 Å². The molecule has 25 heavy (non-hydrogen) atoms. The molecule has 2 amide bonds. The maximum atomic E-state index is 12.3. The van der Waals surface area contributed by atoms with Gasteiger partial charge in [0.2, 0.25) is 11.8 Å². The molecule has 1 unspecified atom stereocenters. The SMILES string of the molecule is CC(C)CCC(=O)N1CCC2(CC1)CC(OCC(=O)N(C)C)CCO2. The Balaban J connectivity index is 1.79. The molecule has 2 fully saturated rings. The van der Waals surface area contributed by atoms with Crippen molar-refractivity contribution in [2.24, 2.45) is 5.92 Å². The van der Waals surface area contributed by atoms with Crippen molar-refractivity contribution in [2.75, 3.05) is 40.4 Å². The fourth-order valence-corrected chi connectivity index (χ4v) is 3.53. The Hall–Kier alpha value is -1.14. The summed E-state index contributed by atoms with van der Waals surface area (Å²) < 4.78 is 11.9. The predicted molar refractivity (Wildman–Crippen MR) is 96.2 cm³/mol. The normalized spacial score (nSPS) is 23.1. The van der Waals surface area contributed by atoms with E-state index in [0.717, 1.165) is 45.2 Å². The first-order valence-electron chi connectivity index (χ1n) is 9.55. The molecule has 2 aliphatic rings. The minimum Gasteiger partial charge on any atom is -0.375 e. The van der Waals surface area contributed by atoms with E-state index >= 15 is 0 Å². The highest BCUT2D eigenvalue weighted by atomic mass is 16.5. The monoisotopic (exact) mass is 354 g/mol. The number of rotatable bonds is 6. The number of carbonyl (C=O) groups is 2. The summed E-state index contributed by atoms with van der Waals surface area (Å²) in [5, 5.41) is 0. The van der Waals surface area contributed by atoms with Gasteiger partial charge in [-0.1, -0.05) is 13.8 Å². The van der Waals surface area contributed by atoms with Gasteiger partial charge in [0.25, 0.3) is 0 Å². The van der Waals surface area contributed by atoms with Crippen molar-refractivity contribution in [3.63, 3.8) is 0 Å². The van der Waals surface area contributed by atoms with Crippen LogP contribution in [-0.4, -0.2) is 73.7 Å². The third-order valence-electron chi connectivity index (χ3n) is 5.35. The van der Waals surface area contributed by atoms with E-state index in [2.05, 4.69) is 13.8 Å². The molecule has 0 N–H and O–H groups in total. The van der Waals surface area contributed by atoms with Crippen molar-refractivity contribution >= 4 is 11.8 Å². The van der Waals surface area contributed by atoms with Gasteiger partial charge in [0.1, 0.15) is 6.61 Å². The molecule has 6 nitrogen and oxygen atoms in total. The van der Waals surface area contributed by atoms with Crippen LogP contribution in [0.2, 0.25) is 0 Å². The van der Waals surface area contributed by atoms with E-state index < -0.39 is 0 Å². The number of hydrogen-bond acceptors (Lipinski definition) is 4. The average molecular weight is 354 g/mol. The highest BCUT2D eigenvalue weighted by Gasteiger charge is 2.41. The zero-order valence-electron chi connectivity index (χ0n) is 16.3. The first-order valence-corrected chi connectivity index (χ1v) is 9.55. The van der Waals surface area contributed by atoms with Crippen LogP contribution in [0.15, 0.2) is 0 Å². The van der Waals surface area contributed by atoms with Gasteiger partial charge in [-0.05, 0) is 31.6 Å². The van der Waals surface area contributed by atoms with Gasteiger partial charge in [-0.25, -0.2) is 0 Å². The lowest BCUT2D eigenvalue weighted by Gasteiger charge is -2.46. The summed E-state index contributed by atoms with van der Waals surface area (Å²) in [7, 11) is 3.48. The zero-order valence-corrected chi connectivity index (χ0v) is 16.3.